The van der Waals surface area contributed by atoms with Gasteiger partial charge >= 0.3 is 0 Å². The number of nitrogens with zero attached hydrogens (tertiary/aromatic N) is 1. The van der Waals surface area contributed by atoms with Gasteiger partial charge in [0.1, 0.15) is 0 Å². The molecule has 0 bridgehead atoms. The molecular formula is C12H27NO2. The van der Waals surface area contributed by atoms with Crippen molar-refractivity contribution in [3.05, 3.63) is 12.2 Å². The Morgan fingerprint density at radius 2 is 1.93 bits per heavy atom. The third kappa shape index (κ3) is 11.5. The van der Waals surface area contributed by atoms with Crippen molar-refractivity contribution in [3.63, 3.8) is 0 Å². The van der Waals surface area contributed by atoms with Crippen LogP contribution in [0.2, 0.25) is 0 Å². The molecule has 0 aliphatic rings. The standard InChI is InChI=1S/C10H21NO2.C2H6/c1-4-10(2)9-11(5-7-12)6-8-13-3;1-2/h12H,2,4-9H2,1,3H3;1-2H3. The van der Waals surface area contributed by atoms with Crippen LogP contribution in [0, 0.1) is 0 Å². The summed E-state index contributed by atoms with van der Waals surface area (Å²) < 4.78 is 4.98. The molecule has 0 heterocycles. The van der Waals surface area contributed by atoms with E-state index in [-0.39, 0.29) is 6.61 Å². The van der Waals surface area contributed by atoms with Crippen molar-refractivity contribution in [1.82, 2.24) is 4.90 Å². The Morgan fingerprint density at radius 1 is 1.33 bits per heavy atom. The molecule has 0 spiro atoms. The summed E-state index contributed by atoms with van der Waals surface area (Å²) in [4.78, 5) is 2.15. The van der Waals surface area contributed by atoms with Crippen LogP contribution in [0.3, 0.4) is 0 Å². The maximum atomic E-state index is 8.81. The number of hydrogen-bond acceptors (Lipinski definition) is 3. The van der Waals surface area contributed by atoms with E-state index in [2.05, 4.69) is 18.4 Å². The van der Waals surface area contributed by atoms with Crippen LogP contribution >= 0.6 is 0 Å². The lowest BCUT2D eigenvalue weighted by Crippen LogP contribution is -2.31. The average molecular weight is 217 g/mol. The van der Waals surface area contributed by atoms with E-state index in [4.69, 9.17) is 9.84 Å². The summed E-state index contributed by atoms with van der Waals surface area (Å²) in [6.07, 6.45) is 0.995. The molecule has 0 saturated carbocycles. The highest BCUT2D eigenvalue weighted by Crippen LogP contribution is 2.00. The maximum Gasteiger partial charge on any atom is 0.0589 e. The highest BCUT2D eigenvalue weighted by molar-refractivity contribution is 4.95. The van der Waals surface area contributed by atoms with Crippen LogP contribution in [0.25, 0.3) is 0 Å². The second-order valence-corrected chi connectivity index (χ2v) is 3.10. The molecule has 15 heavy (non-hydrogen) atoms. The first-order chi connectivity index (χ1) is 7.24. The Bertz CT molecular complexity index is 138. The van der Waals surface area contributed by atoms with E-state index in [0.29, 0.717) is 13.2 Å². The molecular weight excluding hydrogens is 190 g/mol. The van der Waals surface area contributed by atoms with Gasteiger partial charge in [0, 0.05) is 26.7 Å². The Labute approximate surface area is 94.7 Å². The molecule has 0 aliphatic heterocycles. The van der Waals surface area contributed by atoms with Gasteiger partial charge in [-0.15, -0.1) is 0 Å². The van der Waals surface area contributed by atoms with E-state index < -0.39 is 0 Å². The highest BCUT2D eigenvalue weighted by atomic mass is 16.5. The van der Waals surface area contributed by atoms with Crippen molar-refractivity contribution in [3.8, 4) is 0 Å². The molecule has 3 nitrogen and oxygen atoms in total. The van der Waals surface area contributed by atoms with E-state index in [1.165, 1.54) is 5.57 Å². The van der Waals surface area contributed by atoms with E-state index in [0.717, 1.165) is 19.5 Å². The van der Waals surface area contributed by atoms with Crippen molar-refractivity contribution >= 4 is 0 Å². The summed E-state index contributed by atoms with van der Waals surface area (Å²) in [6, 6.07) is 0. The molecule has 3 heteroatoms. The third-order valence-corrected chi connectivity index (χ3v) is 1.98. The van der Waals surface area contributed by atoms with Gasteiger partial charge in [0.15, 0.2) is 0 Å². The van der Waals surface area contributed by atoms with Gasteiger partial charge in [0.25, 0.3) is 0 Å². The first-order valence-electron chi connectivity index (χ1n) is 5.73. The summed E-state index contributed by atoms with van der Waals surface area (Å²) >= 11 is 0. The Kier molecular flexibility index (Phi) is 15.5. The van der Waals surface area contributed by atoms with Crippen molar-refractivity contribution in [1.29, 1.82) is 0 Å². The molecule has 0 aromatic rings. The van der Waals surface area contributed by atoms with Gasteiger partial charge in [-0.2, -0.15) is 0 Å². The molecule has 0 unspecified atom stereocenters. The molecule has 0 atom stereocenters. The fourth-order valence-electron chi connectivity index (χ4n) is 1.06. The Morgan fingerprint density at radius 3 is 2.33 bits per heavy atom. The van der Waals surface area contributed by atoms with Gasteiger partial charge < -0.3 is 9.84 Å². The maximum absolute atomic E-state index is 8.81. The Balaban J connectivity index is 0. The lowest BCUT2D eigenvalue weighted by atomic mass is 10.2. The zero-order valence-corrected chi connectivity index (χ0v) is 10.8. The van der Waals surface area contributed by atoms with E-state index in [1.807, 2.05) is 13.8 Å². The summed E-state index contributed by atoms with van der Waals surface area (Å²) in [5.74, 6) is 0. The second kappa shape index (κ2) is 13.6. The summed E-state index contributed by atoms with van der Waals surface area (Å²) in [5.41, 5.74) is 1.20. The number of aliphatic hydroxyl groups is 1. The van der Waals surface area contributed by atoms with E-state index >= 15 is 0 Å². The molecule has 0 rings (SSSR count). The van der Waals surface area contributed by atoms with Gasteiger partial charge in [-0.05, 0) is 6.42 Å². The minimum atomic E-state index is 0.195. The number of rotatable bonds is 8. The van der Waals surface area contributed by atoms with Gasteiger partial charge in [-0.25, -0.2) is 0 Å². The zero-order valence-electron chi connectivity index (χ0n) is 10.8. The summed E-state index contributed by atoms with van der Waals surface area (Å²) in [5, 5.41) is 8.81. The van der Waals surface area contributed by atoms with Crippen LogP contribution in [0.15, 0.2) is 12.2 Å². The van der Waals surface area contributed by atoms with Crippen LogP contribution in [0.5, 0.6) is 0 Å². The lowest BCUT2D eigenvalue weighted by molar-refractivity contribution is 0.136. The van der Waals surface area contributed by atoms with Gasteiger partial charge in [0.05, 0.1) is 13.2 Å². The number of hydrogen-bond donors (Lipinski definition) is 1. The van der Waals surface area contributed by atoms with Gasteiger partial charge in [-0.3, -0.25) is 4.90 Å². The minimum Gasteiger partial charge on any atom is -0.395 e. The lowest BCUT2D eigenvalue weighted by Gasteiger charge is -2.21. The molecule has 0 aromatic carbocycles. The summed E-state index contributed by atoms with van der Waals surface area (Å²) in [6.45, 7) is 13.3. The van der Waals surface area contributed by atoms with Crippen LogP contribution in [-0.4, -0.2) is 50.0 Å². The fourth-order valence-corrected chi connectivity index (χ4v) is 1.06. The first kappa shape index (κ1) is 17.0. The first-order valence-corrected chi connectivity index (χ1v) is 5.73. The molecule has 0 saturated heterocycles. The van der Waals surface area contributed by atoms with E-state index in [1.54, 1.807) is 7.11 Å². The monoisotopic (exact) mass is 217 g/mol. The normalized spacial score (nSPS) is 9.73. The summed E-state index contributed by atoms with van der Waals surface area (Å²) in [7, 11) is 1.69. The molecule has 0 aliphatic carbocycles. The second-order valence-electron chi connectivity index (χ2n) is 3.10. The van der Waals surface area contributed by atoms with Crippen molar-refractivity contribution < 1.29 is 9.84 Å². The molecule has 0 amide bonds. The highest BCUT2D eigenvalue weighted by Gasteiger charge is 2.04. The van der Waals surface area contributed by atoms with Crippen molar-refractivity contribution in [2.45, 2.75) is 27.2 Å². The SMILES string of the molecule is C=C(CC)CN(CCO)CCOC.CC. The van der Waals surface area contributed by atoms with Crippen LogP contribution in [0.1, 0.15) is 27.2 Å². The smallest absolute Gasteiger partial charge is 0.0589 e. The topological polar surface area (TPSA) is 32.7 Å². The molecule has 0 radical (unpaired) electrons. The molecule has 0 aromatic heterocycles. The van der Waals surface area contributed by atoms with E-state index in [9.17, 15) is 0 Å². The van der Waals surface area contributed by atoms with Crippen LogP contribution < -0.4 is 0 Å². The molecule has 1 N–H and O–H groups in total. The van der Waals surface area contributed by atoms with Crippen molar-refractivity contribution in [2.75, 3.05) is 40.0 Å². The molecule has 0 fully saturated rings. The third-order valence-electron chi connectivity index (χ3n) is 1.98. The predicted molar refractivity (Wildman–Crippen MR) is 66.2 cm³/mol. The number of methoxy groups -OCH3 is 1. The quantitative estimate of drug-likeness (QED) is 0.631. The largest absolute Gasteiger partial charge is 0.395 e. The van der Waals surface area contributed by atoms with Crippen LogP contribution in [-0.2, 0) is 4.74 Å². The van der Waals surface area contributed by atoms with Gasteiger partial charge in [-0.1, -0.05) is 32.9 Å². The number of ether oxygens (including phenoxy) is 1. The van der Waals surface area contributed by atoms with Crippen molar-refractivity contribution in [2.24, 2.45) is 0 Å². The predicted octanol–water partition coefficient (Wildman–Crippen LogP) is 1.92. The fraction of sp³-hybridized carbons (Fsp3) is 0.833. The van der Waals surface area contributed by atoms with Gasteiger partial charge in [0.2, 0.25) is 0 Å². The minimum absolute atomic E-state index is 0.195. The Hall–Kier alpha value is -0.380. The zero-order chi connectivity index (χ0) is 12.1. The van der Waals surface area contributed by atoms with Crippen LogP contribution in [0.4, 0.5) is 0 Å². The molecule has 92 valence electrons. The number of aliphatic hydroxyl groups excluding tert-OH is 1. The average Bonchev–Trinajstić information content (AvgIpc) is 2.28.